The van der Waals surface area contributed by atoms with Gasteiger partial charge in [-0.25, -0.2) is 19.0 Å². The first-order chi connectivity index (χ1) is 15.0. The molecule has 8 nitrogen and oxygen atoms in total. The normalized spacial score (nSPS) is 11.3. The molecule has 0 radical (unpaired) electrons. The van der Waals surface area contributed by atoms with Crippen LogP contribution >= 0.6 is 11.8 Å². The Labute approximate surface area is 185 Å². The summed E-state index contributed by atoms with van der Waals surface area (Å²) in [6, 6.07) is 5.92. The highest BCUT2D eigenvalue weighted by Gasteiger charge is 2.14. The first-order valence-corrected chi connectivity index (χ1v) is 11.0. The lowest BCUT2D eigenvalue weighted by Crippen LogP contribution is -2.28. The summed E-state index contributed by atoms with van der Waals surface area (Å²) in [6.07, 6.45) is 1.93. The molecule has 2 heterocycles. The van der Waals surface area contributed by atoms with Gasteiger partial charge < -0.3 is 15.4 Å². The van der Waals surface area contributed by atoms with Crippen molar-refractivity contribution in [1.29, 1.82) is 0 Å². The van der Waals surface area contributed by atoms with Crippen LogP contribution in [-0.4, -0.2) is 57.7 Å². The molecule has 0 aliphatic heterocycles. The summed E-state index contributed by atoms with van der Waals surface area (Å²) in [5.74, 6) is 0.273. The number of nitrogens with zero attached hydrogens (tertiary/aromatic N) is 4. The fourth-order valence-electron chi connectivity index (χ4n) is 2.92. The van der Waals surface area contributed by atoms with Gasteiger partial charge in [-0.3, -0.25) is 4.79 Å². The van der Waals surface area contributed by atoms with E-state index < -0.39 is 0 Å². The number of carbonyl (C=O) groups excluding carboxylic acids is 1. The van der Waals surface area contributed by atoms with E-state index in [9.17, 15) is 9.18 Å². The van der Waals surface area contributed by atoms with Crippen LogP contribution in [0.1, 0.15) is 19.4 Å². The molecule has 0 saturated carbocycles. The Balaban J connectivity index is 1.67. The van der Waals surface area contributed by atoms with E-state index >= 15 is 0 Å². The zero-order chi connectivity index (χ0) is 22.2. The Morgan fingerprint density at radius 2 is 2.00 bits per heavy atom. The standard InChI is InChI=1S/C21H27FN6O2S/c1-14(2)31-21-26-19(24-9-11-30-3)17-13-25-28(20(17)27-21)10-8-23-18(29)12-15-4-6-16(22)7-5-15/h4-7,13-14H,8-12H2,1-3H3,(H,23,29)(H,24,26,27). The van der Waals surface area contributed by atoms with E-state index in [1.807, 2.05) is 0 Å². The van der Waals surface area contributed by atoms with Crippen LogP contribution in [0, 0.1) is 5.82 Å². The number of ether oxygens (including phenoxy) is 1. The van der Waals surface area contributed by atoms with Crippen LogP contribution in [-0.2, 0) is 22.5 Å². The van der Waals surface area contributed by atoms with Gasteiger partial charge in [-0.05, 0) is 17.7 Å². The van der Waals surface area contributed by atoms with Crippen molar-refractivity contribution in [3.63, 3.8) is 0 Å². The summed E-state index contributed by atoms with van der Waals surface area (Å²) < 4.78 is 19.9. The third kappa shape index (κ3) is 6.63. The largest absolute Gasteiger partial charge is 0.383 e. The molecule has 0 aliphatic rings. The fourth-order valence-corrected chi connectivity index (χ4v) is 3.62. The number of anilines is 1. The number of hydrogen-bond donors (Lipinski definition) is 2. The second-order valence-corrected chi connectivity index (χ2v) is 8.74. The molecule has 0 atom stereocenters. The second-order valence-electron chi connectivity index (χ2n) is 7.20. The number of halogens is 1. The highest BCUT2D eigenvalue weighted by atomic mass is 32.2. The number of benzene rings is 1. The molecular formula is C21H27FN6O2S. The molecule has 0 fully saturated rings. The van der Waals surface area contributed by atoms with Crippen LogP contribution in [0.25, 0.3) is 11.0 Å². The number of fused-ring (bicyclic) bond motifs is 1. The Morgan fingerprint density at radius 3 is 2.71 bits per heavy atom. The van der Waals surface area contributed by atoms with Gasteiger partial charge >= 0.3 is 0 Å². The quantitative estimate of drug-likeness (QED) is 0.266. The number of carbonyl (C=O) groups is 1. The van der Waals surface area contributed by atoms with Crippen LogP contribution in [0.4, 0.5) is 10.2 Å². The summed E-state index contributed by atoms with van der Waals surface area (Å²) in [5.41, 5.74) is 1.48. The third-order valence-electron chi connectivity index (χ3n) is 4.34. The first kappa shape index (κ1) is 23.0. The molecule has 2 N–H and O–H groups in total. The zero-order valence-electron chi connectivity index (χ0n) is 17.9. The number of hydrogen-bond acceptors (Lipinski definition) is 7. The van der Waals surface area contributed by atoms with Gasteiger partial charge in [0.2, 0.25) is 5.91 Å². The first-order valence-electron chi connectivity index (χ1n) is 10.1. The average molecular weight is 447 g/mol. The lowest BCUT2D eigenvalue weighted by atomic mass is 10.1. The molecule has 2 aromatic heterocycles. The van der Waals surface area contributed by atoms with Crippen molar-refractivity contribution in [3.8, 4) is 0 Å². The summed E-state index contributed by atoms with van der Waals surface area (Å²) in [6.45, 7) is 6.23. The summed E-state index contributed by atoms with van der Waals surface area (Å²) in [7, 11) is 1.65. The zero-order valence-corrected chi connectivity index (χ0v) is 18.7. The van der Waals surface area contributed by atoms with Crippen LogP contribution in [0.2, 0.25) is 0 Å². The second kappa shape index (κ2) is 11.1. The van der Waals surface area contributed by atoms with Gasteiger partial charge in [-0.15, -0.1) is 0 Å². The number of methoxy groups -OCH3 is 1. The lowest BCUT2D eigenvalue weighted by molar-refractivity contribution is -0.120. The minimum atomic E-state index is -0.317. The molecule has 166 valence electrons. The van der Waals surface area contributed by atoms with E-state index in [0.717, 1.165) is 16.8 Å². The fraction of sp³-hybridized carbons (Fsp3) is 0.429. The van der Waals surface area contributed by atoms with Crippen LogP contribution < -0.4 is 10.6 Å². The topological polar surface area (TPSA) is 94.0 Å². The van der Waals surface area contributed by atoms with Crippen molar-refractivity contribution >= 4 is 34.5 Å². The lowest BCUT2D eigenvalue weighted by Gasteiger charge is -2.11. The summed E-state index contributed by atoms with van der Waals surface area (Å²) in [5, 5.41) is 12.4. The SMILES string of the molecule is COCCNc1nc(SC(C)C)nc2c1cnn2CCNC(=O)Cc1ccc(F)cc1. The van der Waals surface area contributed by atoms with Gasteiger partial charge in [-0.1, -0.05) is 37.7 Å². The van der Waals surface area contributed by atoms with E-state index in [4.69, 9.17) is 4.74 Å². The highest BCUT2D eigenvalue weighted by molar-refractivity contribution is 7.99. The van der Waals surface area contributed by atoms with Gasteiger partial charge in [0.1, 0.15) is 11.6 Å². The van der Waals surface area contributed by atoms with E-state index in [0.29, 0.717) is 42.3 Å². The Kier molecular flexibility index (Phi) is 8.19. The summed E-state index contributed by atoms with van der Waals surface area (Å²) in [4.78, 5) is 21.5. The van der Waals surface area contributed by atoms with Crippen LogP contribution in [0.15, 0.2) is 35.6 Å². The van der Waals surface area contributed by atoms with Gasteiger partial charge in [0.05, 0.1) is 31.2 Å². The highest BCUT2D eigenvalue weighted by Crippen LogP contribution is 2.26. The molecule has 31 heavy (non-hydrogen) atoms. The Hall–Kier alpha value is -2.72. The van der Waals surface area contributed by atoms with E-state index in [-0.39, 0.29) is 18.1 Å². The molecule has 1 aromatic carbocycles. The predicted molar refractivity (Wildman–Crippen MR) is 120 cm³/mol. The molecule has 3 rings (SSSR count). The van der Waals surface area contributed by atoms with Crippen LogP contribution in [0.5, 0.6) is 0 Å². The van der Waals surface area contributed by atoms with Crippen molar-refractivity contribution in [1.82, 2.24) is 25.1 Å². The predicted octanol–water partition coefficient (Wildman–Crippen LogP) is 2.88. The maximum atomic E-state index is 13.0. The molecule has 0 unspecified atom stereocenters. The van der Waals surface area contributed by atoms with Crippen molar-refractivity contribution < 1.29 is 13.9 Å². The molecular weight excluding hydrogens is 419 g/mol. The molecule has 0 bridgehead atoms. The van der Waals surface area contributed by atoms with Crippen molar-refractivity contribution in [2.75, 3.05) is 32.1 Å². The molecule has 0 saturated heterocycles. The van der Waals surface area contributed by atoms with Crippen molar-refractivity contribution in [3.05, 3.63) is 41.8 Å². The molecule has 0 aliphatic carbocycles. The maximum absolute atomic E-state index is 13.0. The average Bonchev–Trinajstić information content (AvgIpc) is 3.12. The minimum absolute atomic E-state index is 0.129. The number of nitrogens with one attached hydrogen (secondary N) is 2. The van der Waals surface area contributed by atoms with E-state index in [1.165, 1.54) is 12.1 Å². The minimum Gasteiger partial charge on any atom is -0.383 e. The third-order valence-corrected chi connectivity index (χ3v) is 5.20. The van der Waals surface area contributed by atoms with Crippen molar-refractivity contribution in [2.45, 2.75) is 37.2 Å². The molecule has 1 amide bonds. The van der Waals surface area contributed by atoms with E-state index in [2.05, 4.69) is 39.5 Å². The Morgan fingerprint density at radius 1 is 1.23 bits per heavy atom. The summed E-state index contributed by atoms with van der Waals surface area (Å²) >= 11 is 1.58. The molecule has 3 aromatic rings. The smallest absolute Gasteiger partial charge is 0.224 e. The van der Waals surface area contributed by atoms with Crippen molar-refractivity contribution in [2.24, 2.45) is 0 Å². The van der Waals surface area contributed by atoms with Gasteiger partial charge in [0, 0.05) is 25.4 Å². The molecule has 10 heteroatoms. The van der Waals surface area contributed by atoms with Gasteiger partial charge in [0.15, 0.2) is 10.8 Å². The number of thioether (sulfide) groups is 1. The van der Waals surface area contributed by atoms with Gasteiger partial charge in [0.25, 0.3) is 0 Å². The van der Waals surface area contributed by atoms with E-state index in [1.54, 1.807) is 41.9 Å². The molecule has 0 spiro atoms. The number of aromatic nitrogens is 4. The number of amides is 1. The van der Waals surface area contributed by atoms with Gasteiger partial charge in [-0.2, -0.15) is 5.10 Å². The number of rotatable bonds is 11. The monoisotopic (exact) mass is 446 g/mol. The Bertz CT molecular complexity index is 1010. The maximum Gasteiger partial charge on any atom is 0.224 e. The van der Waals surface area contributed by atoms with Crippen LogP contribution in [0.3, 0.4) is 0 Å².